The average molecular weight is 534 g/mol. The summed E-state index contributed by atoms with van der Waals surface area (Å²) < 4.78 is 2.03. The molecule has 0 radical (unpaired) electrons. The predicted octanol–water partition coefficient (Wildman–Crippen LogP) is 5.78. The van der Waals surface area contributed by atoms with E-state index in [2.05, 4.69) is 45.8 Å². The van der Waals surface area contributed by atoms with Crippen molar-refractivity contribution in [1.82, 2.24) is 34.8 Å². The maximum Gasteiger partial charge on any atom is 0.209 e. The highest BCUT2D eigenvalue weighted by atomic mass is 15.2. The van der Waals surface area contributed by atoms with Crippen LogP contribution in [0.2, 0.25) is 0 Å². The lowest BCUT2D eigenvalue weighted by atomic mass is 9.78. The third kappa shape index (κ3) is 4.44. The van der Waals surface area contributed by atoms with Crippen LogP contribution in [0, 0.1) is 5.41 Å². The standard InChI is InChI=1S/C31H35N9/c1-31(2)18-32-13-12-25(31)37-29-27-21(19-7-6-8-19)16-33-17-23(27)35-28(39-29)20-11-14-34-26(15-20)38-30-36-22-9-4-5-10-24(22)40(30)3/h4-5,9-11,14-17,19,25,32H,6-8,12-13,18H2,1-3H3,(H,34,36,38)(H,35,37,39). The third-order valence-corrected chi connectivity index (χ3v) is 8.67. The summed E-state index contributed by atoms with van der Waals surface area (Å²) in [6, 6.07) is 12.3. The Morgan fingerprint density at radius 1 is 1.00 bits per heavy atom. The fourth-order valence-electron chi connectivity index (χ4n) is 5.98. The minimum Gasteiger partial charge on any atom is -0.366 e. The minimum absolute atomic E-state index is 0.0959. The number of rotatable bonds is 6. The fraction of sp³-hybridized carbons (Fsp3) is 0.387. The largest absolute Gasteiger partial charge is 0.366 e. The van der Waals surface area contributed by atoms with Crippen molar-refractivity contribution < 1.29 is 0 Å². The number of para-hydroxylation sites is 2. The highest BCUT2D eigenvalue weighted by Crippen LogP contribution is 2.42. The number of pyridine rings is 2. The predicted molar refractivity (Wildman–Crippen MR) is 160 cm³/mol. The number of hydrogen-bond acceptors (Lipinski definition) is 8. The van der Waals surface area contributed by atoms with Crippen LogP contribution in [0.25, 0.3) is 33.3 Å². The zero-order chi connectivity index (χ0) is 27.3. The van der Waals surface area contributed by atoms with Gasteiger partial charge in [-0.1, -0.05) is 32.4 Å². The van der Waals surface area contributed by atoms with Crippen LogP contribution < -0.4 is 16.0 Å². The monoisotopic (exact) mass is 533 g/mol. The topological polar surface area (TPSA) is 105 Å². The molecule has 40 heavy (non-hydrogen) atoms. The lowest BCUT2D eigenvalue weighted by molar-refractivity contribution is 0.236. The van der Waals surface area contributed by atoms with E-state index in [4.69, 9.17) is 15.0 Å². The number of anilines is 3. The number of aromatic nitrogens is 6. The second kappa shape index (κ2) is 9.82. The van der Waals surface area contributed by atoms with Crippen molar-refractivity contribution in [2.45, 2.75) is 51.5 Å². The van der Waals surface area contributed by atoms with Crippen LogP contribution in [0.15, 0.2) is 55.0 Å². The van der Waals surface area contributed by atoms with Crippen molar-refractivity contribution in [1.29, 1.82) is 0 Å². The first-order valence-electron chi connectivity index (χ1n) is 14.2. The average Bonchev–Trinajstić information content (AvgIpc) is 3.24. The second-order valence-electron chi connectivity index (χ2n) is 11.8. The first-order valence-corrected chi connectivity index (χ1v) is 14.2. The van der Waals surface area contributed by atoms with E-state index in [-0.39, 0.29) is 5.41 Å². The van der Waals surface area contributed by atoms with Crippen LogP contribution in [0.1, 0.15) is 51.0 Å². The van der Waals surface area contributed by atoms with Crippen molar-refractivity contribution in [3.63, 3.8) is 0 Å². The molecule has 9 heteroatoms. The van der Waals surface area contributed by atoms with Crippen LogP contribution in [0.4, 0.5) is 17.6 Å². The van der Waals surface area contributed by atoms with Gasteiger partial charge < -0.3 is 20.5 Å². The molecule has 1 atom stereocenters. The van der Waals surface area contributed by atoms with Gasteiger partial charge in [0.15, 0.2) is 5.82 Å². The van der Waals surface area contributed by atoms with Crippen LogP contribution in [0.3, 0.4) is 0 Å². The summed E-state index contributed by atoms with van der Waals surface area (Å²) in [5, 5.41) is 11.9. The molecular weight excluding hydrogens is 498 g/mol. The van der Waals surface area contributed by atoms with Gasteiger partial charge in [0.05, 0.1) is 22.7 Å². The quantitative estimate of drug-likeness (QED) is 0.252. The van der Waals surface area contributed by atoms with Gasteiger partial charge in [-0.05, 0) is 67.0 Å². The molecule has 0 bridgehead atoms. The molecule has 1 saturated carbocycles. The highest BCUT2D eigenvalue weighted by molar-refractivity contribution is 5.93. The van der Waals surface area contributed by atoms with E-state index in [1.165, 1.54) is 24.8 Å². The molecule has 0 spiro atoms. The van der Waals surface area contributed by atoms with Gasteiger partial charge in [-0.15, -0.1) is 0 Å². The van der Waals surface area contributed by atoms with Crippen molar-refractivity contribution in [3.8, 4) is 11.4 Å². The zero-order valence-electron chi connectivity index (χ0n) is 23.3. The molecular formula is C31H35N9. The molecule has 7 rings (SSSR count). The van der Waals surface area contributed by atoms with Crippen LogP contribution in [-0.2, 0) is 7.05 Å². The Kier molecular flexibility index (Phi) is 6.11. The van der Waals surface area contributed by atoms with Gasteiger partial charge in [-0.3, -0.25) is 4.98 Å². The Bertz CT molecular complexity index is 1700. The molecule has 9 nitrogen and oxygen atoms in total. The van der Waals surface area contributed by atoms with Gasteiger partial charge in [-0.2, -0.15) is 0 Å². The summed E-state index contributed by atoms with van der Waals surface area (Å²) in [6.45, 7) is 6.60. The fourth-order valence-corrected chi connectivity index (χ4v) is 5.98. The third-order valence-electron chi connectivity index (χ3n) is 8.67. The molecule has 1 aromatic carbocycles. The molecule has 1 aliphatic carbocycles. The number of nitrogens with zero attached hydrogens (tertiary/aromatic N) is 6. The van der Waals surface area contributed by atoms with E-state index in [1.807, 2.05) is 54.3 Å². The van der Waals surface area contributed by atoms with E-state index in [0.29, 0.717) is 23.6 Å². The summed E-state index contributed by atoms with van der Waals surface area (Å²) in [7, 11) is 2.00. The van der Waals surface area contributed by atoms with Crippen LogP contribution in [0.5, 0.6) is 0 Å². The normalized spacial score (nSPS) is 19.0. The molecule has 1 unspecified atom stereocenters. The van der Waals surface area contributed by atoms with Gasteiger partial charge in [-0.25, -0.2) is 19.9 Å². The van der Waals surface area contributed by atoms with Crippen molar-refractivity contribution >= 4 is 39.5 Å². The van der Waals surface area contributed by atoms with Gasteiger partial charge in [0.25, 0.3) is 0 Å². The molecule has 3 N–H and O–H groups in total. The Labute approximate surface area is 233 Å². The SMILES string of the molecule is Cn1c(Nc2cc(-c3nc(NC4CCNCC4(C)C)c4c(C5CCC5)cncc4n3)ccn2)nc2ccccc21. The molecule has 1 aliphatic heterocycles. The first kappa shape index (κ1) is 24.9. The maximum absolute atomic E-state index is 5.19. The van der Waals surface area contributed by atoms with Gasteiger partial charge in [0.1, 0.15) is 11.6 Å². The number of piperidine rings is 1. The summed E-state index contributed by atoms with van der Waals surface area (Å²) in [4.78, 5) is 24.1. The zero-order valence-corrected chi connectivity index (χ0v) is 23.3. The number of aryl methyl sites for hydroxylation is 1. The van der Waals surface area contributed by atoms with Gasteiger partial charge in [0.2, 0.25) is 5.95 Å². The van der Waals surface area contributed by atoms with E-state index >= 15 is 0 Å². The minimum atomic E-state index is 0.0959. The number of fused-ring (bicyclic) bond motifs is 2. The Morgan fingerprint density at radius 2 is 1.88 bits per heavy atom. The summed E-state index contributed by atoms with van der Waals surface area (Å²) in [5.74, 6) is 3.51. The number of hydrogen-bond donors (Lipinski definition) is 3. The first-order chi connectivity index (χ1) is 19.5. The van der Waals surface area contributed by atoms with E-state index in [0.717, 1.165) is 58.8 Å². The molecule has 204 valence electrons. The molecule has 1 saturated heterocycles. The molecule has 5 aromatic rings. The van der Waals surface area contributed by atoms with E-state index < -0.39 is 0 Å². The summed E-state index contributed by atoms with van der Waals surface area (Å²) >= 11 is 0. The smallest absolute Gasteiger partial charge is 0.209 e. The van der Waals surface area contributed by atoms with Gasteiger partial charge >= 0.3 is 0 Å². The lowest BCUT2D eigenvalue weighted by Gasteiger charge is -2.40. The second-order valence-corrected chi connectivity index (χ2v) is 11.8. The molecule has 4 aromatic heterocycles. The number of benzene rings is 1. The Morgan fingerprint density at radius 3 is 2.67 bits per heavy atom. The summed E-state index contributed by atoms with van der Waals surface area (Å²) in [5.41, 5.74) is 5.13. The van der Waals surface area contributed by atoms with Gasteiger partial charge in [0, 0.05) is 43.0 Å². The van der Waals surface area contributed by atoms with Crippen LogP contribution in [-0.4, -0.2) is 48.6 Å². The molecule has 0 amide bonds. The number of imidazole rings is 1. The van der Waals surface area contributed by atoms with E-state index in [9.17, 15) is 0 Å². The highest BCUT2D eigenvalue weighted by Gasteiger charge is 2.33. The Hall–Kier alpha value is -4.11. The Balaban J connectivity index is 1.29. The number of nitrogens with one attached hydrogen (secondary N) is 3. The van der Waals surface area contributed by atoms with Crippen molar-refractivity contribution in [3.05, 3.63) is 60.6 Å². The molecule has 5 heterocycles. The molecule has 2 fully saturated rings. The lowest BCUT2D eigenvalue weighted by Crippen LogP contribution is -2.49. The van der Waals surface area contributed by atoms with E-state index in [1.54, 1.807) is 6.20 Å². The van der Waals surface area contributed by atoms with Crippen LogP contribution >= 0.6 is 0 Å². The maximum atomic E-state index is 5.19. The molecule has 2 aliphatic rings. The van der Waals surface area contributed by atoms with Crippen molar-refractivity contribution in [2.24, 2.45) is 12.5 Å². The summed E-state index contributed by atoms with van der Waals surface area (Å²) in [6.07, 6.45) is 10.4. The van der Waals surface area contributed by atoms with Crippen molar-refractivity contribution in [2.75, 3.05) is 23.7 Å².